The molecule has 3 aromatic carbocycles. The van der Waals surface area contributed by atoms with Crippen LogP contribution in [0.4, 0.5) is 24.5 Å². The van der Waals surface area contributed by atoms with Gasteiger partial charge in [0.25, 0.3) is 5.91 Å². The quantitative estimate of drug-likeness (QED) is 0.0874. The minimum Gasteiger partial charge on any atom is -0.491 e. The molecule has 3 N–H and O–H groups in total. The fraction of sp³-hybridized carbons (Fsp3) is 0.413. The molecule has 3 heterocycles. The van der Waals surface area contributed by atoms with E-state index in [0.717, 1.165) is 38.7 Å². The number of β-amino-alcohol motifs (C(OH)–C–C–N with tert-alkyl or cyclic N) is 1. The van der Waals surface area contributed by atoms with Crippen molar-refractivity contribution >= 4 is 63.7 Å². The number of amides is 4. The van der Waals surface area contributed by atoms with Crippen molar-refractivity contribution in [3.8, 4) is 22.3 Å². The summed E-state index contributed by atoms with van der Waals surface area (Å²) in [5.74, 6) is -1.42. The molecule has 1 aromatic heterocycles. The van der Waals surface area contributed by atoms with Crippen molar-refractivity contribution in [1.29, 1.82) is 5.26 Å². The van der Waals surface area contributed by atoms with Gasteiger partial charge in [0.15, 0.2) is 5.11 Å². The minimum absolute atomic E-state index is 0.0210. The number of benzene rings is 3. The number of alkyl halides is 3. The lowest BCUT2D eigenvalue weighted by Crippen LogP contribution is -2.57. The molecule has 2 fully saturated rings. The fourth-order valence-corrected chi connectivity index (χ4v) is 8.98. The van der Waals surface area contributed by atoms with Gasteiger partial charge in [-0.1, -0.05) is 45.0 Å². The van der Waals surface area contributed by atoms with Gasteiger partial charge in [0.2, 0.25) is 17.7 Å². The largest absolute Gasteiger partial charge is 0.491 e. The van der Waals surface area contributed by atoms with Crippen LogP contribution in [0.1, 0.15) is 69.8 Å². The van der Waals surface area contributed by atoms with Gasteiger partial charge in [0.05, 0.1) is 58.3 Å². The molecule has 4 amide bonds. The molecule has 0 spiro atoms. The van der Waals surface area contributed by atoms with Gasteiger partial charge >= 0.3 is 6.18 Å². The van der Waals surface area contributed by atoms with Crippen LogP contribution in [0.5, 0.6) is 5.75 Å². The summed E-state index contributed by atoms with van der Waals surface area (Å²) in [6, 6.07) is 17.0. The van der Waals surface area contributed by atoms with E-state index in [0.29, 0.717) is 11.4 Å². The van der Waals surface area contributed by atoms with E-state index < -0.39 is 70.1 Å². The number of aliphatic hydroxyl groups excluding tert-OH is 1. The predicted molar refractivity (Wildman–Crippen MR) is 242 cm³/mol. The number of rotatable bonds is 15. The second kappa shape index (κ2) is 19.7. The van der Waals surface area contributed by atoms with Crippen LogP contribution in [0.2, 0.25) is 0 Å². The van der Waals surface area contributed by atoms with E-state index in [9.17, 15) is 42.7 Å². The normalized spacial score (nSPS) is 17.8. The first-order chi connectivity index (χ1) is 30.6. The van der Waals surface area contributed by atoms with Crippen LogP contribution in [0.25, 0.3) is 10.4 Å². The van der Waals surface area contributed by atoms with Crippen molar-refractivity contribution in [2.45, 2.75) is 90.8 Å². The molecule has 14 nitrogen and oxygen atoms in total. The van der Waals surface area contributed by atoms with Gasteiger partial charge in [-0.15, -0.1) is 11.3 Å². The maximum absolute atomic E-state index is 14.0. The molecule has 2 aliphatic heterocycles. The number of nitrogens with one attached hydrogen (secondary N) is 2. The number of nitriles is 1. The van der Waals surface area contributed by atoms with E-state index in [1.807, 2.05) is 31.2 Å². The Balaban J connectivity index is 0.965. The van der Waals surface area contributed by atoms with Gasteiger partial charge in [0, 0.05) is 31.6 Å². The van der Waals surface area contributed by atoms with Crippen LogP contribution >= 0.6 is 23.6 Å². The standard InChI is InChI=1S/C46H50F3N7O7S2/c1-27-38(65-26-52-27)29-9-7-28(8-10-29)24-51-40(59)36-22-33(57)25-54(36)41(60)39(44(2,3)4)53-37(58)17-18-62-19-20-63-34-15-13-31(14-16-34)56-43(64)55(42(61)45(56,5)6)32-12-11-30(23-50)35(21-32)46(47,48)49/h7-16,21,26,33,36,39,57H,17-20,22,24-25H2,1-6H3,(H,51,59)(H,53,58)/t33-,36+,39-/m1/s1. The van der Waals surface area contributed by atoms with Crippen molar-refractivity contribution in [3.63, 3.8) is 0 Å². The SMILES string of the molecule is Cc1ncsc1-c1ccc(CNC(=O)[C@@H]2C[C@@H](O)CN2C(=O)[C@@H](NC(=O)CCOCCOc2ccc(N3C(=S)N(c4ccc(C#N)c(C(F)(F)F)c4)C(=O)C3(C)C)cc2)C(C)(C)C)cc1. The third-order valence-corrected chi connectivity index (χ3v) is 12.5. The topological polar surface area (TPSA) is 177 Å². The number of aryl methyl sites for hydroxylation is 1. The van der Waals surface area contributed by atoms with Gasteiger partial charge in [0.1, 0.15) is 30.0 Å². The Morgan fingerprint density at radius 1 is 1.03 bits per heavy atom. The number of thiazole rings is 1. The number of halogens is 3. The summed E-state index contributed by atoms with van der Waals surface area (Å²) in [4.78, 5) is 63.3. The van der Waals surface area contributed by atoms with E-state index in [-0.39, 0.29) is 56.6 Å². The Labute approximate surface area is 384 Å². The molecule has 0 saturated carbocycles. The Morgan fingerprint density at radius 2 is 1.71 bits per heavy atom. The zero-order valence-corrected chi connectivity index (χ0v) is 38.3. The lowest BCUT2D eigenvalue weighted by Gasteiger charge is -2.35. The fourth-order valence-electron chi connectivity index (χ4n) is 7.65. The molecular formula is C46H50F3N7O7S2. The number of carbonyl (C=O) groups excluding carboxylic acids is 4. The second-order valence-corrected chi connectivity index (χ2v) is 18.5. The van der Waals surface area contributed by atoms with Gasteiger partial charge < -0.3 is 35.0 Å². The third-order valence-electron chi connectivity index (χ3n) is 11.1. The number of aromatic nitrogens is 1. The lowest BCUT2D eigenvalue weighted by molar-refractivity contribution is -0.144. The summed E-state index contributed by atoms with van der Waals surface area (Å²) in [5.41, 5.74) is 1.26. The van der Waals surface area contributed by atoms with Crippen LogP contribution in [0, 0.1) is 23.7 Å². The summed E-state index contributed by atoms with van der Waals surface area (Å²) in [6.45, 7) is 11.0. The number of aliphatic hydroxyl groups is 1. The molecule has 0 aliphatic carbocycles. The number of likely N-dealkylation sites (tertiary alicyclic amines) is 1. The number of anilines is 2. The summed E-state index contributed by atoms with van der Waals surface area (Å²) >= 11 is 7.16. The van der Waals surface area contributed by atoms with Crippen molar-refractivity contribution < 1.29 is 46.9 Å². The number of nitrogens with zero attached hydrogens (tertiary/aromatic N) is 5. The van der Waals surface area contributed by atoms with Gasteiger partial charge in [-0.2, -0.15) is 18.4 Å². The zero-order valence-electron chi connectivity index (χ0n) is 36.7. The molecule has 0 radical (unpaired) electrons. The maximum Gasteiger partial charge on any atom is 0.417 e. The van der Waals surface area contributed by atoms with E-state index in [1.54, 1.807) is 75.7 Å². The predicted octanol–water partition coefficient (Wildman–Crippen LogP) is 6.52. The molecule has 65 heavy (non-hydrogen) atoms. The minimum atomic E-state index is -4.82. The zero-order chi connectivity index (χ0) is 47.4. The van der Waals surface area contributed by atoms with Crippen molar-refractivity contribution in [2.24, 2.45) is 5.41 Å². The highest BCUT2D eigenvalue weighted by atomic mass is 32.1. The highest BCUT2D eigenvalue weighted by Gasteiger charge is 2.51. The van der Waals surface area contributed by atoms with Crippen LogP contribution in [0.3, 0.4) is 0 Å². The molecule has 2 saturated heterocycles. The van der Waals surface area contributed by atoms with Crippen LogP contribution in [0.15, 0.2) is 72.2 Å². The average molecular weight is 934 g/mol. The molecule has 2 aliphatic rings. The maximum atomic E-state index is 14.0. The number of ether oxygens (including phenoxy) is 2. The molecule has 0 bridgehead atoms. The second-order valence-electron chi connectivity index (χ2n) is 17.3. The van der Waals surface area contributed by atoms with Gasteiger partial charge in [-0.25, -0.2) is 4.98 Å². The number of carbonyl (C=O) groups is 4. The smallest absolute Gasteiger partial charge is 0.417 e. The molecule has 0 unspecified atom stereocenters. The molecule has 344 valence electrons. The van der Waals surface area contributed by atoms with Gasteiger partial charge in [-0.3, -0.25) is 24.1 Å². The van der Waals surface area contributed by atoms with Crippen LogP contribution in [-0.2, 0) is 36.6 Å². The Hall–Kier alpha value is -5.94. The summed E-state index contributed by atoms with van der Waals surface area (Å²) in [7, 11) is 0. The molecule has 19 heteroatoms. The highest BCUT2D eigenvalue weighted by Crippen LogP contribution is 2.40. The molecule has 4 aromatic rings. The first-order valence-corrected chi connectivity index (χ1v) is 22.1. The average Bonchev–Trinajstić information content (AvgIpc) is 3.92. The molecule has 3 atom stereocenters. The highest BCUT2D eigenvalue weighted by molar-refractivity contribution is 7.81. The van der Waals surface area contributed by atoms with Gasteiger partial charge in [-0.05, 0) is 92.0 Å². The van der Waals surface area contributed by atoms with Crippen LogP contribution in [-0.4, -0.2) is 93.8 Å². The Bertz CT molecular complexity index is 2470. The van der Waals surface area contributed by atoms with E-state index in [4.69, 9.17) is 21.7 Å². The Morgan fingerprint density at radius 3 is 2.32 bits per heavy atom. The third kappa shape index (κ3) is 11.0. The first-order valence-electron chi connectivity index (χ1n) is 20.8. The van der Waals surface area contributed by atoms with E-state index >= 15 is 0 Å². The lowest BCUT2D eigenvalue weighted by atomic mass is 9.85. The van der Waals surface area contributed by atoms with E-state index in [2.05, 4.69) is 15.6 Å². The Kier molecular flexibility index (Phi) is 14.7. The summed E-state index contributed by atoms with van der Waals surface area (Å²) < 4.78 is 52.6. The van der Waals surface area contributed by atoms with E-state index in [1.165, 1.54) is 21.9 Å². The first kappa shape index (κ1) is 48.5. The van der Waals surface area contributed by atoms with Crippen LogP contribution < -0.4 is 25.2 Å². The number of thiocarbonyl (C=S) groups is 1. The monoisotopic (exact) mass is 933 g/mol. The molecular weight excluding hydrogens is 884 g/mol. The summed E-state index contributed by atoms with van der Waals surface area (Å²) in [6.07, 6.45) is -5.73. The van der Waals surface area contributed by atoms with Crippen molar-refractivity contribution in [3.05, 3.63) is 94.6 Å². The number of hydrogen-bond donors (Lipinski definition) is 3. The van der Waals surface area contributed by atoms with Crippen molar-refractivity contribution in [2.75, 3.05) is 36.2 Å². The number of hydrogen-bond acceptors (Lipinski definition) is 11. The van der Waals surface area contributed by atoms with Crippen molar-refractivity contribution in [1.82, 2.24) is 20.5 Å². The molecule has 6 rings (SSSR count). The summed E-state index contributed by atoms with van der Waals surface area (Å²) in [5, 5.41) is 25.4.